The third kappa shape index (κ3) is 5.65. The van der Waals surface area contributed by atoms with E-state index in [4.69, 9.17) is 0 Å². The minimum atomic E-state index is 0.783. The van der Waals surface area contributed by atoms with E-state index in [2.05, 4.69) is 44.8 Å². The van der Waals surface area contributed by atoms with Crippen molar-refractivity contribution < 1.29 is 0 Å². The van der Waals surface area contributed by atoms with Gasteiger partial charge in [-0.3, -0.25) is 0 Å². The fraction of sp³-hybridized carbons (Fsp3) is 1.00. The zero-order valence-electron chi connectivity index (χ0n) is 12.2. The Bertz CT molecular complexity index is 193. The topological polar surface area (TPSA) is 12.0 Å². The average Bonchev–Trinajstić information content (AvgIpc) is 2.28. The molecule has 1 rings (SSSR count). The van der Waals surface area contributed by atoms with Crippen LogP contribution >= 0.6 is 11.8 Å². The maximum atomic E-state index is 3.83. The number of nitrogens with one attached hydrogen (secondary N) is 1. The standard InChI is InChI=1S/C15H31NS/c1-5-17-10-6-9-16-15-11-13(4)7-8-14(15)12(2)3/h12-16H,5-11H2,1-4H3. The predicted molar refractivity (Wildman–Crippen MR) is 80.7 cm³/mol. The van der Waals surface area contributed by atoms with Crippen LogP contribution in [-0.4, -0.2) is 24.1 Å². The van der Waals surface area contributed by atoms with Gasteiger partial charge in [0, 0.05) is 6.04 Å². The molecule has 0 amide bonds. The maximum Gasteiger partial charge on any atom is 0.0100 e. The van der Waals surface area contributed by atoms with E-state index < -0.39 is 0 Å². The predicted octanol–water partition coefficient (Wildman–Crippen LogP) is 4.18. The van der Waals surface area contributed by atoms with Gasteiger partial charge in [-0.05, 0) is 55.1 Å². The molecule has 1 aliphatic rings. The van der Waals surface area contributed by atoms with Crippen molar-refractivity contribution in [3.05, 3.63) is 0 Å². The van der Waals surface area contributed by atoms with Crippen molar-refractivity contribution in [2.45, 2.75) is 59.4 Å². The van der Waals surface area contributed by atoms with Crippen molar-refractivity contribution in [2.75, 3.05) is 18.1 Å². The second-order valence-corrected chi connectivity index (χ2v) is 7.33. The molecule has 0 aliphatic heterocycles. The van der Waals surface area contributed by atoms with Gasteiger partial charge in [0.05, 0.1) is 0 Å². The Morgan fingerprint density at radius 3 is 2.71 bits per heavy atom. The molecule has 0 saturated heterocycles. The third-order valence-corrected chi connectivity index (χ3v) is 5.08. The summed E-state index contributed by atoms with van der Waals surface area (Å²) in [5.41, 5.74) is 0. The lowest BCUT2D eigenvalue weighted by atomic mass is 9.74. The molecule has 102 valence electrons. The summed E-state index contributed by atoms with van der Waals surface area (Å²) < 4.78 is 0. The van der Waals surface area contributed by atoms with E-state index in [0.717, 1.165) is 23.8 Å². The van der Waals surface area contributed by atoms with Crippen LogP contribution in [0.25, 0.3) is 0 Å². The van der Waals surface area contributed by atoms with Crippen LogP contribution in [0.5, 0.6) is 0 Å². The van der Waals surface area contributed by atoms with E-state index in [1.807, 2.05) is 0 Å². The van der Waals surface area contributed by atoms with Crippen LogP contribution < -0.4 is 5.32 Å². The maximum absolute atomic E-state index is 3.83. The molecule has 3 atom stereocenters. The summed E-state index contributed by atoms with van der Waals surface area (Å²) in [6.45, 7) is 10.7. The van der Waals surface area contributed by atoms with E-state index in [9.17, 15) is 0 Å². The van der Waals surface area contributed by atoms with E-state index in [1.54, 1.807) is 0 Å². The van der Waals surface area contributed by atoms with Crippen molar-refractivity contribution in [1.82, 2.24) is 5.32 Å². The molecule has 1 aliphatic carbocycles. The smallest absolute Gasteiger partial charge is 0.0100 e. The number of hydrogen-bond acceptors (Lipinski definition) is 2. The van der Waals surface area contributed by atoms with Crippen LogP contribution in [0.1, 0.15) is 53.4 Å². The molecule has 2 heteroatoms. The van der Waals surface area contributed by atoms with Gasteiger partial charge in [-0.1, -0.05) is 34.1 Å². The molecule has 1 N–H and O–H groups in total. The largest absolute Gasteiger partial charge is 0.314 e. The van der Waals surface area contributed by atoms with Crippen molar-refractivity contribution in [2.24, 2.45) is 17.8 Å². The lowest BCUT2D eigenvalue weighted by Gasteiger charge is -2.38. The summed E-state index contributed by atoms with van der Waals surface area (Å²) in [5.74, 6) is 5.25. The van der Waals surface area contributed by atoms with Gasteiger partial charge in [0.1, 0.15) is 0 Å². The minimum Gasteiger partial charge on any atom is -0.314 e. The first-order valence-corrected chi connectivity index (χ1v) is 8.61. The molecule has 1 nitrogen and oxygen atoms in total. The SMILES string of the molecule is CCSCCCNC1CC(C)CCC1C(C)C. The summed E-state index contributed by atoms with van der Waals surface area (Å²) in [6.07, 6.45) is 5.59. The van der Waals surface area contributed by atoms with Gasteiger partial charge in [0.25, 0.3) is 0 Å². The highest BCUT2D eigenvalue weighted by Gasteiger charge is 2.29. The molecular formula is C15H31NS. The van der Waals surface area contributed by atoms with Gasteiger partial charge >= 0.3 is 0 Å². The first kappa shape index (κ1) is 15.4. The zero-order chi connectivity index (χ0) is 12.7. The summed E-state index contributed by atoms with van der Waals surface area (Å²) >= 11 is 2.06. The van der Waals surface area contributed by atoms with E-state index in [0.29, 0.717) is 0 Å². The average molecular weight is 257 g/mol. The minimum absolute atomic E-state index is 0.783. The van der Waals surface area contributed by atoms with Gasteiger partial charge in [-0.25, -0.2) is 0 Å². The van der Waals surface area contributed by atoms with Gasteiger partial charge < -0.3 is 5.32 Å². The van der Waals surface area contributed by atoms with E-state index in [-0.39, 0.29) is 0 Å². The molecule has 0 aromatic rings. The second-order valence-electron chi connectivity index (χ2n) is 5.94. The lowest BCUT2D eigenvalue weighted by molar-refractivity contribution is 0.171. The Morgan fingerprint density at radius 2 is 2.06 bits per heavy atom. The first-order chi connectivity index (χ1) is 8.15. The zero-order valence-corrected chi connectivity index (χ0v) is 13.0. The molecule has 3 unspecified atom stereocenters. The Balaban J connectivity index is 2.26. The summed E-state index contributed by atoms with van der Waals surface area (Å²) in [5, 5.41) is 3.83. The number of thioether (sulfide) groups is 1. The quantitative estimate of drug-likeness (QED) is 0.687. The molecule has 17 heavy (non-hydrogen) atoms. The Kier molecular flexibility index (Phi) is 7.61. The molecule has 1 fully saturated rings. The van der Waals surface area contributed by atoms with Crippen molar-refractivity contribution in [3.63, 3.8) is 0 Å². The van der Waals surface area contributed by atoms with Crippen LogP contribution in [0, 0.1) is 17.8 Å². The highest BCUT2D eigenvalue weighted by molar-refractivity contribution is 7.99. The Labute approximate surface area is 113 Å². The van der Waals surface area contributed by atoms with Crippen LogP contribution in [0.3, 0.4) is 0 Å². The Morgan fingerprint density at radius 1 is 1.29 bits per heavy atom. The molecule has 0 radical (unpaired) electrons. The van der Waals surface area contributed by atoms with Crippen LogP contribution in [-0.2, 0) is 0 Å². The van der Waals surface area contributed by atoms with Crippen LogP contribution in [0.4, 0.5) is 0 Å². The highest BCUT2D eigenvalue weighted by atomic mass is 32.2. The van der Waals surface area contributed by atoms with Crippen molar-refractivity contribution in [3.8, 4) is 0 Å². The molecule has 1 saturated carbocycles. The van der Waals surface area contributed by atoms with E-state index >= 15 is 0 Å². The number of hydrogen-bond donors (Lipinski definition) is 1. The molecule has 0 aromatic heterocycles. The summed E-state index contributed by atoms with van der Waals surface area (Å²) in [6, 6.07) is 0.783. The van der Waals surface area contributed by atoms with Crippen LogP contribution in [0.15, 0.2) is 0 Å². The molecule has 0 heterocycles. The number of rotatable bonds is 7. The van der Waals surface area contributed by atoms with Gasteiger partial charge in [-0.2, -0.15) is 11.8 Å². The molecule has 0 spiro atoms. The Hall–Kier alpha value is 0.310. The summed E-state index contributed by atoms with van der Waals surface area (Å²) in [4.78, 5) is 0. The van der Waals surface area contributed by atoms with Gasteiger partial charge in [0.2, 0.25) is 0 Å². The normalized spacial score (nSPS) is 29.8. The lowest BCUT2D eigenvalue weighted by Crippen LogP contribution is -2.43. The third-order valence-electron chi connectivity index (χ3n) is 4.10. The van der Waals surface area contributed by atoms with Gasteiger partial charge in [-0.15, -0.1) is 0 Å². The van der Waals surface area contributed by atoms with E-state index in [1.165, 1.54) is 43.7 Å². The summed E-state index contributed by atoms with van der Waals surface area (Å²) in [7, 11) is 0. The fourth-order valence-corrected chi connectivity index (χ4v) is 3.68. The second kappa shape index (κ2) is 8.42. The molecule has 0 aromatic carbocycles. The van der Waals surface area contributed by atoms with Crippen LogP contribution in [0.2, 0.25) is 0 Å². The monoisotopic (exact) mass is 257 g/mol. The fourth-order valence-electron chi connectivity index (χ4n) is 3.04. The molecular weight excluding hydrogens is 226 g/mol. The molecule has 0 bridgehead atoms. The highest BCUT2D eigenvalue weighted by Crippen LogP contribution is 2.33. The van der Waals surface area contributed by atoms with Gasteiger partial charge in [0.15, 0.2) is 0 Å². The van der Waals surface area contributed by atoms with Crippen molar-refractivity contribution >= 4 is 11.8 Å². The first-order valence-electron chi connectivity index (χ1n) is 7.46. The van der Waals surface area contributed by atoms with Crippen molar-refractivity contribution in [1.29, 1.82) is 0 Å².